The molecule has 0 aliphatic heterocycles. The summed E-state index contributed by atoms with van der Waals surface area (Å²) in [7, 11) is 1.91. The van der Waals surface area contributed by atoms with Crippen molar-refractivity contribution in [2.75, 3.05) is 0 Å². The SMILES string of the molecule is Cn1cc(/C=C2\C[C@@H]3[C@H]4CC=C5C[C@H](O)CC[C@]5(C)[C@@H]4CC[C@]3(C)C2=O)cn1. The average molecular weight is 381 g/mol. The van der Waals surface area contributed by atoms with E-state index in [1.54, 1.807) is 4.68 Å². The first kappa shape index (κ1) is 18.4. The van der Waals surface area contributed by atoms with E-state index in [1.165, 1.54) is 5.57 Å². The number of hydrogen-bond donors (Lipinski definition) is 1. The summed E-state index contributed by atoms with van der Waals surface area (Å²) in [5.41, 5.74) is 3.54. The van der Waals surface area contributed by atoms with Gasteiger partial charge < -0.3 is 5.11 Å². The largest absolute Gasteiger partial charge is 0.393 e. The van der Waals surface area contributed by atoms with Gasteiger partial charge in [-0.15, -0.1) is 0 Å². The van der Waals surface area contributed by atoms with Crippen LogP contribution < -0.4 is 0 Å². The highest BCUT2D eigenvalue weighted by atomic mass is 16.3. The molecule has 3 fully saturated rings. The molecule has 0 spiro atoms. The van der Waals surface area contributed by atoms with Crippen molar-refractivity contribution < 1.29 is 9.90 Å². The molecule has 0 saturated heterocycles. The van der Waals surface area contributed by atoms with E-state index in [0.29, 0.717) is 23.5 Å². The summed E-state index contributed by atoms with van der Waals surface area (Å²) in [6, 6.07) is 0. The summed E-state index contributed by atoms with van der Waals surface area (Å²) in [6.45, 7) is 4.67. The molecule has 0 amide bonds. The Kier molecular flexibility index (Phi) is 4.04. The smallest absolute Gasteiger partial charge is 0.165 e. The van der Waals surface area contributed by atoms with Crippen LogP contribution in [-0.4, -0.2) is 26.8 Å². The Balaban J connectivity index is 1.48. The van der Waals surface area contributed by atoms with Gasteiger partial charge in [-0.05, 0) is 79.8 Å². The third-order valence-electron chi connectivity index (χ3n) is 8.78. The number of carbonyl (C=O) groups is 1. The van der Waals surface area contributed by atoms with E-state index in [2.05, 4.69) is 31.1 Å². The molecule has 1 N–H and O–H groups in total. The first-order chi connectivity index (χ1) is 13.3. The van der Waals surface area contributed by atoms with E-state index in [0.717, 1.165) is 56.1 Å². The average Bonchev–Trinajstić information content (AvgIpc) is 3.18. The lowest BCUT2D eigenvalue weighted by Crippen LogP contribution is -2.50. The maximum absolute atomic E-state index is 13.4. The van der Waals surface area contributed by atoms with E-state index >= 15 is 0 Å². The summed E-state index contributed by atoms with van der Waals surface area (Å²) in [5.74, 6) is 2.07. The number of aliphatic hydroxyl groups excluding tert-OH is 1. The fourth-order valence-corrected chi connectivity index (χ4v) is 7.16. The molecular weight excluding hydrogens is 348 g/mol. The third-order valence-corrected chi connectivity index (χ3v) is 8.78. The maximum atomic E-state index is 13.4. The molecule has 3 saturated carbocycles. The minimum absolute atomic E-state index is 0.160. The fourth-order valence-electron chi connectivity index (χ4n) is 7.16. The molecule has 4 aliphatic carbocycles. The topological polar surface area (TPSA) is 55.1 Å². The minimum atomic E-state index is -0.203. The predicted octanol–water partition coefficient (Wildman–Crippen LogP) is 4.31. The number of nitrogens with zero attached hydrogens (tertiary/aromatic N) is 2. The first-order valence-corrected chi connectivity index (χ1v) is 10.9. The van der Waals surface area contributed by atoms with Gasteiger partial charge >= 0.3 is 0 Å². The van der Waals surface area contributed by atoms with Crippen molar-refractivity contribution in [3.8, 4) is 0 Å². The zero-order valence-corrected chi connectivity index (χ0v) is 17.3. The molecule has 0 aromatic carbocycles. The number of rotatable bonds is 1. The lowest BCUT2D eigenvalue weighted by molar-refractivity contribution is -0.130. The van der Waals surface area contributed by atoms with Crippen molar-refractivity contribution >= 4 is 11.9 Å². The number of allylic oxidation sites excluding steroid dienone is 2. The number of fused-ring (bicyclic) bond motifs is 5. The number of ketones is 1. The molecule has 1 aromatic heterocycles. The third kappa shape index (κ3) is 2.53. The Morgan fingerprint density at radius 3 is 2.71 bits per heavy atom. The minimum Gasteiger partial charge on any atom is -0.393 e. The molecule has 1 aromatic rings. The number of aryl methyl sites for hydroxylation is 1. The van der Waals surface area contributed by atoms with Crippen LogP contribution in [-0.2, 0) is 11.8 Å². The zero-order valence-electron chi connectivity index (χ0n) is 17.3. The number of aromatic nitrogens is 2. The molecule has 4 heteroatoms. The lowest BCUT2D eigenvalue weighted by Gasteiger charge is -2.56. The molecule has 4 nitrogen and oxygen atoms in total. The predicted molar refractivity (Wildman–Crippen MR) is 109 cm³/mol. The molecule has 0 bridgehead atoms. The van der Waals surface area contributed by atoms with Crippen molar-refractivity contribution in [2.24, 2.45) is 35.6 Å². The molecule has 0 unspecified atom stereocenters. The summed E-state index contributed by atoms with van der Waals surface area (Å²) < 4.78 is 1.79. The summed E-state index contributed by atoms with van der Waals surface area (Å²) in [6.07, 6.45) is 15.2. The Morgan fingerprint density at radius 2 is 1.96 bits per heavy atom. The van der Waals surface area contributed by atoms with Gasteiger partial charge in [-0.1, -0.05) is 25.5 Å². The van der Waals surface area contributed by atoms with Gasteiger partial charge in [-0.3, -0.25) is 9.48 Å². The second-order valence-corrected chi connectivity index (χ2v) is 10.3. The van der Waals surface area contributed by atoms with Crippen LogP contribution in [0.2, 0.25) is 0 Å². The summed E-state index contributed by atoms with van der Waals surface area (Å²) >= 11 is 0. The van der Waals surface area contributed by atoms with Crippen molar-refractivity contribution in [2.45, 2.75) is 64.9 Å². The highest BCUT2D eigenvalue weighted by Gasteiger charge is 2.59. The van der Waals surface area contributed by atoms with Gasteiger partial charge in [0.05, 0.1) is 12.3 Å². The van der Waals surface area contributed by atoms with Gasteiger partial charge in [-0.25, -0.2) is 0 Å². The Labute approximate surface area is 167 Å². The monoisotopic (exact) mass is 380 g/mol. The molecule has 4 aliphatic rings. The van der Waals surface area contributed by atoms with Crippen LogP contribution in [0.3, 0.4) is 0 Å². The van der Waals surface area contributed by atoms with Gasteiger partial charge in [-0.2, -0.15) is 5.10 Å². The molecular formula is C24H32N2O2. The summed E-state index contributed by atoms with van der Waals surface area (Å²) in [4.78, 5) is 13.4. The van der Waals surface area contributed by atoms with Crippen LogP contribution in [0.1, 0.15) is 64.4 Å². The molecule has 150 valence electrons. The molecule has 0 radical (unpaired) electrons. The molecule has 6 atom stereocenters. The number of aliphatic hydroxyl groups is 1. The van der Waals surface area contributed by atoms with E-state index < -0.39 is 0 Å². The van der Waals surface area contributed by atoms with Crippen LogP contribution in [0.25, 0.3) is 6.08 Å². The quantitative estimate of drug-likeness (QED) is 0.583. The zero-order chi connectivity index (χ0) is 19.7. The maximum Gasteiger partial charge on any atom is 0.165 e. The first-order valence-electron chi connectivity index (χ1n) is 10.9. The number of Topliss-reactive ketones (excluding diaryl/α,β-unsaturated/α-hetero) is 1. The molecule has 1 heterocycles. The van der Waals surface area contributed by atoms with Crippen LogP contribution in [0.5, 0.6) is 0 Å². The second-order valence-electron chi connectivity index (χ2n) is 10.3. The van der Waals surface area contributed by atoms with E-state index in [-0.39, 0.29) is 16.9 Å². The van der Waals surface area contributed by atoms with Gasteiger partial charge in [0.15, 0.2) is 5.78 Å². The number of carbonyl (C=O) groups excluding carboxylic acids is 1. The van der Waals surface area contributed by atoms with Crippen molar-refractivity contribution in [1.82, 2.24) is 9.78 Å². The Morgan fingerprint density at radius 1 is 1.18 bits per heavy atom. The highest BCUT2D eigenvalue weighted by Crippen LogP contribution is 2.64. The van der Waals surface area contributed by atoms with Gasteiger partial charge in [0.25, 0.3) is 0 Å². The van der Waals surface area contributed by atoms with E-state index in [1.807, 2.05) is 19.4 Å². The highest BCUT2D eigenvalue weighted by molar-refractivity contribution is 6.05. The normalized spacial score (nSPS) is 44.1. The van der Waals surface area contributed by atoms with Crippen molar-refractivity contribution in [3.05, 3.63) is 35.2 Å². The van der Waals surface area contributed by atoms with Crippen LogP contribution in [0, 0.1) is 28.6 Å². The van der Waals surface area contributed by atoms with Gasteiger partial charge in [0, 0.05) is 24.2 Å². The van der Waals surface area contributed by atoms with Crippen LogP contribution in [0.15, 0.2) is 29.6 Å². The lowest BCUT2D eigenvalue weighted by atomic mass is 9.48. The van der Waals surface area contributed by atoms with Gasteiger partial charge in [0.2, 0.25) is 0 Å². The van der Waals surface area contributed by atoms with Crippen molar-refractivity contribution in [3.63, 3.8) is 0 Å². The van der Waals surface area contributed by atoms with Gasteiger partial charge in [0.1, 0.15) is 0 Å². The molecule has 5 rings (SSSR count). The van der Waals surface area contributed by atoms with E-state index in [9.17, 15) is 9.90 Å². The summed E-state index contributed by atoms with van der Waals surface area (Å²) in [5, 5.41) is 14.4. The Hall–Kier alpha value is -1.68. The Bertz CT molecular complexity index is 881. The van der Waals surface area contributed by atoms with E-state index in [4.69, 9.17) is 0 Å². The van der Waals surface area contributed by atoms with Crippen LogP contribution >= 0.6 is 0 Å². The fraction of sp³-hybridized carbons (Fsp3) is 0.667. The second kappa shape index (κ2) is 6.16. The molecule has 28 heavy (non-hydrogen) atoms. The van der Waals surface area contributed by atoms with Crippen molar-refractivity contribution in [1.29, 1.82) is 0 Å². The standard InChI is InChI=1S/C24H32N2O2/c1-23-8-6-18(27)12-17(23)4-5-19-20(23)7-9-24(2)21(19)11-16(22(24)28)10-15-13-25-26(3)14-15/h4,10,13-14,18-21,27H,5-9,11-12H2,1-3H3/b16-10+/t18-,19+,20-,21-,23+,24+/m1/s1. The number of hydrogen-bond acceptors (Lipinski definition) is 3. The van der Waals surface area contributed by atoms with Crippen LogP contribution in [0.4, 0.5) is 0 Å².